The summed E-state index contributed by atoms with van der Waals surface area (Å²) in [6.07, 6.45) is 0. The number of phenols is 1. The second-order valence-corrected chi connectivity index (χ2v) is 5.32. The number of amides is 1. The summed E-state index contributed by atoms with van der Waals surface area (Å²) in [5.74, 6) is -0.210. The highest BCUT2D eigenvalue weighted by Gasteiger charge is 2.11. The first-order chi connectivity index (χ1) is 8.99. The number of halogens is 1. The molecule has 1 amide bonds. The molecule has 0 atom stereocenters. The Balaban J connectivity index is 2.28. The number of aryl methyl sites for hydroxylation is 1. The van der Waals surface area contributed by atoms with E-state index in [0.717, 1.165) is 5.56 Å². The van der Waals surface area contributed by atoms with Gasteiger partial charge in [-0.2, -0.15) is 0 Å². The van der Waals surface area contributed by atoms with Crippen molar-refractivity contribution in [3.63, 3.8) is 0 Å². The van der Waals surface area contributed by atoms with E-state index >= 15 is 0 Å². The molecular formula is C14H13IN2O2. The predicted molar refractivity (Wildman–Crippen MR) is 84.4 cm³/mol. The fourth-order valence-electron chi connectivity index (χ4n) is 1.70. The van der Waals surface area contributed by atoms with Crippen molar-refractivity contribution in [2.24, 2.45) is 0 Å². The van der Waals surface area contributed by atoms with Gasteiger partial charge in [0.1, 0.15) is 5.75 Å². The van der Waals surface area contributed by atoms with Crippen LogP contribution in [0.25, 0.3) is 0 Å². The maximum absolute atomic E-state index is 12.1. The molecule has 0 aliphatic carbocycles. The van der Waals surface area contributed by atoms with E-state index in [2.05, 4.69) is 5.32 Å². The molecule has 0 aromatic heterocycles. The number of para-hydroxylation sites is 1. The summed E-state index contributed by atoms with van der Waals surface area (Å²) in [5.41, 5.74) is 8.24. The van der Waals surface area contributed by atoms with Crippen LogP contribution in [-0.2, 0) is 0 Å². The molecule has 19 heavy (non-hydrogen) atoms. The number of hydrogen-bond donors (Lipinski definition) is 3. The smallest absolute Gasteiger partial charge is 0.255 e. The highest BCUT2D eigenvalue weighted by molar-refractivity contribution is 14.1. The minimum Gasteiger partial charge on any atom is -0.507 e. The molecule has 5 heteroatoms. The Morgan fingerprint density at radius 3 is 2.68 bits per heavy atom. The molecule has 0 spiro atoms. The molecule has 0 heterocycles. The number of carbonyl (C=O) groups excluding carboxylic acids is 1. The van der Waals surface area contributed by atoms with E-state index in [-0.39, 0.29) is 11.7 Å². The zero-order chi connectivity index (χ0) is 14.0. The van der Waals surface area contributed by atoms with Crippen molar-refractivity contribution in [1.82, 2.24) is 0 Å². The first-order valence-corrected chi connectivity index (χ1v) is 6.72. The van der Waals surface area contributed by atoms with Crippen molar-refractivity contribution < 1.29 is 9.90 Å². The first kappa shape index (κ1) is 13.7. The second-order valence-electron chi connectivity index (χ2n) is 4.16. The van der Waals surface area contributed by atoms with Crippen molar-refractivity contribution in [2.75, 3.05) is 11.1 Å². The van der Waals surface area contributed by atoms with Gasteiger partial charge in [-0.3, -0.25) is 4.79 Å². The van der Waals surface area contributed by atoms with E-state index in [0.29, 0.717) is 20.5 Å². The normalized spacial score (nSPS) is 10.2. The van der Waals surface area contributed by atoms with Gasteiger partial charge in [0.25, 0.3) is 5.91 Å². The van der Waals surface area contributed by atoms with Gasteiger partial charge in [0.15, 0.2) is 0 Å². The Labute approximate surface area is 124 Å². The molecule has 0 aliphatic rings. The highest BCUT2D eigenvalue weighted by Crippen LogP contribution is 2.25. The lowest BCUT2D eigenvalue weighted by molar-refractivity contribution is 0.102. The molecule has 2 rings (SSSR count). The van der Waals surface area contributed by atoms with Crippen LogP contribution in [0.15, 0.2) is 36.4 Å². The third-order valence-corrected chi connectivity index (χ3v) is 3.66. The molecule has 0 aliphatic heterocycles. The molecule has 4 N–H and O–H groups in total. The minimum atomic E-state index is -0.298. The lowest BCUT2D eigenvalue weighted by Gasteiger charge is -2.11. The number of nitrogens with one attached hydrogen (secondary N) is 1. The van der Waals surface area contributed by atoms with Crippen molar-refractivity contribution in [3.8, 4) is 5.75 Å². The van der Waals surface area contributed by atoms with Gasteiger partial charge in [0, 0.05) is 5.56 Å². The molecule has 0 unspecified atom stereocenters. The first-order valence-electron chi connectivity index (χ1n) is 5.64. The molecule has 0 saturated carbocycles. The quantitative estimate of drug-likeness (QED) is 0.563. The Morgan fingerprint density at radius 2 is 2.05 bits per heavy atom. The van der Waals surface area contributed by atoms with Crippen LogP contribution >= 0.6 is 22.6 Å². The van der Waals surface area contributed by atoms with Crippen LogP contribution in [0.1, 0.15) is 15.9 Å². The summed E-state index contributed by atoms with van der Waals surface area (Å²) >= 11 is 2.00. The molecule has 0 fully saturated rings. The largest absolute Gasteiger partial charge is 0.507 e. The highest BCUT2D eigenvalue weighted by atomic mass is 127. The lowest BCUT2D eigenvalue weighted by atomic mass is 10.1. The van der Waals surface area contributed by atoms with Crippen molar-refractivity contribution >= 4 is 39.9 Å². The van der Waals surface area contributed by atoms with Crippen molar-refractivity contribution in [3.05, 3.63) is 51.1 Å². The van der Waals surface area contributed by atoms with Crippen LogP contribution in [-0.4, -0.2) is 11.0 Å². The number of carbonyl (C=O) groups is 1. The van der Waals surface area contributed by atoms with Crippen LogP contribution in [0.4, 0.5) is 11.4 Å². The predicted octanol–water partition coefficient (Wildman–Crippen LogP) is 3.14. The van der Waals surface area contributed by atoms with Gasteiger partial charge in [-0.1, -0.05) is 12.1 Å². The van der Waals surface area contributed by atoms with Crippen LogP contribution in [0, 0.1) is 10.5 Å². The molecule has 98 valence electrons. The van der Waals surface area contributed by atoms with Gasteiger partial charge in [-0.05, 0) is 59.3 Å². The number of aromatic hydroxyl groups is 1. The summed E-state index contributed by atoms with van der Waals surface area (Å²) < 4.78 is 0.699. The molecular weight excluding hydrogens is 355 g/mol. The van der Waals surface area contributed by atoms with E-state index in [4.69, 9.17) is 5.73 Å². The number of anilines is 2. The van der Waals surface area contributed by atoms with E-state index in [1.54, 1.807) is 18.2 Å². The number of phenolic OH excluding ortho intramolecular Hbond substituents is 1. The second kappa shape index (κ2) is 5.48. The fraction of sp³-hybridized carbons (Fsp3) is 0.0714. The number of nitrogens with two attached hydrogens (primary N) is 1. The number of rotatable bonds is 2. The van der Waals surface area contributed by atoms with Gasteiger partial charge >= 0.3 is 0 Å². The molecule has 2 aromatic carbocycles. The Bertz CT molecular complexity index is 621. The molecule has 0 bridgehead atoms. The van der Waals surface area contributed by atoms with E-state index in [9.17, 15) is 9.90 Å². The third-order valence-electron chi connectivity index (χ3n) is 2.75. The van der Waals surface area contributed by atoms with Gasteiger partial charge in [0.05, 0.1) is 14.9 Å². The standard InChI is InChI=1S/C14H13IN2O2/c1-8-3-2-4-11(16)13(8)17-14(19)9-5-6-10(15)12(18)7-9/h2-7,18H,16H2,1H3,(H,17,19). The third kappa shape index (κ3) is 2.98. The average Bonchev–Trinajstić information content (AvgIpc) is 2.37. The van der Waals surface area contributed by atoms with Crippen LogP contribution in [0.5, 0.6) is 5.75 Å². The van der Waals surface area contributed by atoms with Crippen molar-refractivity contribution in [1.29, 1.82) is 0 Å². The maximum Gasteiger partial charge on any atom is 0.255 e. The van der Waals surface area contributed by atoms with Gasteiger partial charge in [-0.25, -0.2) is 0 Å². The monoisotopic (exact) mass is 368 g/mol. The van der Waals surface area contributed by atoms with E-state index in [1.165, 1.54) is 6.07 Å². The molecule has 0 radical (unpaired) electrons. The number of benzene rings is 2. The summed E-state index contributed by atoms with van der Waals surface area (Å²) in [5, 5.41) is 12.4. The van der Waals surface area contributed by atoms with Crippen LogP contribution in [0.2, 0.25) is 0 Å². The van der Waals surface area contributed by atoms with Crippen molar-refractivity contribution in [2.45, 2.75) is 6.92 Å². The van der Waals surface area contributed by atoms with Gasteiger partial charge < -0.3 is 16.2 Å². The molecule has 4 nitrogen and oxygen atoms in total. The maximum atomic E-state index is 12.1. The number of nitrogen functional groups attached to an aromatic ring is 1. The van der Waals surface area contributed by atoms with Crippen LogP contribution in [0.3, 0.4) is 0 Å². The molecule has 2 aromatic rings. The number of hydrogen-bond acceptors (Lipinski definition) is 3. The Kier molecular flexibility index (Phi) is 3.94. The fourth-order valence-corrected chi connectivity index (χ4v) is 2.04. The molecule has 0 saturated heterocycles. The van der Waals surface area contributed by atoms with Gasteiger partial charge in [-0.15, -0.1) is 0 Å². The van der Waals surface area contributed by atoms with Gasteiger partial charge in [0.2, 0.25) is 0 Å². The summed E-state index contributed by atoms with van der Waals surface area (Å²) in [4.78, 5) is 12.1. The van der Waals surface area contributed by atoms with Crippen LogP contribution < -0.4 is 11.1 Å². The zero-order valence-electron chi connectivity index (χ0n) is 10.3. The SMILES string of the molecule is Cc1cccc(N)c1NC(=O)c1ccc(I)c(O)c1. The zero-order valence-corrected chi connectivity index (χ0v) is 12.4. The lowest BCUT2D eigenvalue weighted by Crippen LogP contribution is -2.14. The average molecular weight is 368 g/mol. The Morgan fingerprint density at radius 1 is 1.32 bits per heavy atom. The summed E-state index contributed by atoms with van der Waals surface area (Å²) in [6.45, 7) is 1.87. The minimum absolute atomic E-state index is 0.0889. The topological polar surface area (TPSA) is 75.3 Å². The summed E-state index contributed by atoms with van der Waals surface area (Å²) in [7, 11) is 0. The van der Waals surface area contributed by atoms with E-state index < -0.39 is 0 Å². The Hall–Kier alpha value is -1.76. The summed E-state index contributed by atoms with van der Waals surface area (Å²) in [6, 6.07) is 10.2. The van der Waals surface area contributed by atoms with E-state index in [1.807, 2.05) is 41.6 Å².